The summed E-state index contributed by atoms with van der Waals surface area (Å²) in [4.78, 5) is 25.0. The average Bonchev–Trinajstić information content (AvgIpc) is 2.32. The second kappa shape index (κ2) is 6.96. The number of nitrogens with zero attached hydrogens (tertiary/aromatic N) is 1. The number of nitrogen functional groups attached to an aromatic ring is 1. The molecular weight excluding hydrogens is 268 g/mol. The number of carbonyl (C=O) groups is 2. The van der Waals surface area contributed by atoms with Crippen LogP contribution < -0.4 is 16.4 Å². The third kappa shape index (κ3) is 5.15. The zero-order chi connectivity index (χ0) is 14.4. The van der Waals surface area contributed by atoms with Crippen LogP contribution in [-0.2, 0) is 9.59 Å². The Balaban J connectivity index is 2.52. The van der Waals surface area contributed by atoms with Crippen molar-refractivity contribution in [1.29, 1.82) is 0 Å². The number of nitrogens with one attached hydrogen (secondary N) is 2. The first kappa shape index (κ1) is 15.3. The van der Waals surface area contributed by atoms with Gasteiger partial charge in [0.1, 0.15) is 0 Å². The fourth-order valence-electron chi connectivity index (χ4n) is 1.29. The molecule has 0 saturated carbocycles. The first-order valence-corrected chi connectivity index (χ1v) is 6.07. The second-order valence-electron chi connectivity index (χ2n) is 4.25. The predicted octanol–water partition coefficient (Wildman–Crippen LogP) is 0.539. The van der Waals surface area contributed by atoms with E-state index in [0.29, 0.717) is 24.5 Å². The van der Waals surface area contributed by atoms with E-state index in [1.807, 2.05) is 19.0 Å². The van der Waals surface area contributed by atoms with Crippen LogP contribution in [0.3, 0.4) is 0 Å². The number of carbonyl (C=O) groups excluding carboxylic acids is 2. The highest BCUT2D eigenvalue weighted by atomic mass is 35.5. The molecule has 0 aliphatic heterocycles. The van der Waals surface area contributed by atoms with Gasteiger partial charge in [0.15, 0.2) is 0 Å². The number of benzene rings is 1. The van der Waals surface area contributed by atoms with Crippen LogP contribution in [0.15, 0.2) is 18.2 Å². The van der Waals surface area contributed by atoms with Crippen LogP contribution in [0.2, 0.25) is 5.02 Å². The monoisotopic (exact) mass is 284 g/mol. The molecule has 6 nitrogen and oxygen atoms in total. The van der Waals surface area contributed by atoms with E-state index in [-0.39, 0.29) is 5.02 Å². The molecule has 0 atom stereocenters. The quantitative estimate of drug-likeness (QED) is 0.556. The van der Waals surface area contributed by atoms with Gasteiger partial charge >= 0.3 is 11.8 Å². The fourth-order valence-corrected chi connectivity index (χ4v) is 1.52. The highest BCUT2D eigenvalue weighted by Crippen LogP contribution is 2.23. The Morgan fingerprint density at radius 1 is 1.32 bits per heavy atom. The summed E-state index contributed by atoms with van der Waals surface area (Å²) in [7, 11) is 3.75. The molecule has 1 aromatic rings. The van der Waals surface area contributed by atoms with Crippen molar-refractivity contribution in [3.63, 3.8) is 0 Å². The zero-order valence-corrected chi connectivity index (χ0v) is 11.6. The third-order valence-electron chi connectivity index (χ3n) is 2.29. The molecule has 0 aliphatic rings. The van der Waals surface area contributed by atoms with Crippen molar-refractivity contribution >= 4 is 34.8 Å². The van der Waals surface area contributed by atoms with E-state index in [0.717, 1.165) is 0 Å². The van der Waals surface area contributed by atoms with Gasteiger partial charge in [0, 0.05) is 18.8 Å². The standard InChI is InChI=1S/C12H17ClN4O2/c1-17(2)6-5-15-11(18)12(19)16-10-4-3-8(14)7-9(10)13/h3-4,7H,5-6,14H2,1-2H3,(H,15,18)(H,16,19). The lowest BCUT2D eigenvalue weighted by atomic mass is 10.3. The Morgan fingerprint density at radius 2 is 2.00 bits per heavy atom. The molecule has 4 N–H and O–H groups in total. The zero-order valence-electron chi connectivity index (χ0n) is 10.9. The van der Waals surface area contributed by atoms with Crippen LogP contribution in [0, 0.1) is 0 Å². The van der Waals surface area contributed by atoms with E-state index in [2.05, 4.69) is 10.6 Å². The molecule has 104 valence electrons. The van der Waals surface area contributed by atoms with Gasteiger partial charge in [-0.2, -0.15) is 0 Å². The number of hydrogen-bond acceptors (Lipinski definition) is 4. The van der Waals surface area contributed by atoms with Crippen LogP contribution in [0.5, 0.6) is 0 Å². The van der Waals surface area contributed by atoms with E-state index in [4.69, 9.17) is 17.3 Å². The predicted molar refractivity (Wildman–Crippen MR) is 76.1 cm³/mol. The molecule has 0 radical (unpaired) electrons. The van der Waals surface area contributed by atoms with Gasteiger partial charge in [-0.1, -0.05) is 11.6 Å². The molecule has 0 aromatic heterocycles. The highest BCUT2D eigenvalue weighted by molar-refractivity contribution is 6.41. The largest absolute Gasteiger partial charge is 0.399 e. The van der Waals surface area contributed by atoms with Crippen LogP contribution >= 0.6 is 11.6 Å². The van der Waals surface area contributed by atoms with Gasteiger partial charge in [0.05, 0.1) is 10.7 Å². The molecule has 0 spiro atoms. The van der Waals surface area contributed by atoms with Crippen LogP contribution in [-0.4, -0.2) is 43.9 Å². The Hall–Kier alpha value is -1.79. The van der Waals surface area contributed by atoms with E-state index >= 15 is 0 Å². The van der Waals surface area contributed by atoms with Crippen LogP contribution in [0.1, 0.15) is 0 Å². The molecule has 2 amide bonds. The number of likely N-dealkylation sites (N-methyl/N-ethyl adjacent to an activating group) is 1. The smallest absolute Gasteiger partial charge is 0.313 e. The van der Waals surface area contributed by atoms with Crippen LogP contribution in [0.25, 0.3) is 0 Å². The number of amides is 2. The van der Waals surface area contributed by atoms with Crippen LogP contribution in [0.4, 0.5) is 11.4 Å². The first-order valence-electron chi connectivity index (χ1n) is 5.69. The second-order valence-corrected chi connectivity index (χ2v) is 4.66. The Morgan fingerprint density at radius 3 is 2.58 bits per heavy atom. The summed E-state index contributed by atoms with van der Waals surface area (Å²) in [5, 5.41) is 5.21. The summed E-state index contributed by atoms with van der Waals surface area (Å²) >= 11 is 5.89. The van der Waals surface area contributed by atoms with E-state index in [1.54, 1.807) is 12.1 Å². The maximum absolute atomic E-state index is 11.6. The average molecular weight is 285 g/mol. The lowest BCUT2D eigenvalue weighted by molar-refractivity contribution is -0.136. The van der Waals surface area contributed by atoms with Crippen molar-refractivity contribution in [2.24, 2.45) is 0 Å². The summed E-state index contributed by atoms with van der Waals surface area (Å²) < 4.78 is 0. The summed E-state index contributed by atoms with van der Waals surface area (Å²) in [5.74, 6) is -1.46. The number of anilines is 2. The van der Waals surface area contributed by atoms with Gasteiger partial charge in [-0.05, 0) is 32.3 Å². The number of halogens is 1. The van der Waals surface area contributed by atoms with Gasteiger partial charge in [0.2, 0.25) is 0 Å². The van der Waals surface area contributed by atoms with Crippen molar-refractivity contribution in [2.75, 3.05) is 38.2 Å². The Kier molecular flexibility index (Phi) is 5.59. The lowest BCUT2D eigenvalue weighted by Crippen LogP contribution is -2.38. The minimum absolute atomic E-state index is 0.287. The van der Waals surface area contributed by atoms with E-state index in [9.17, 15) is 9.59 Å². The first-order chi connectivity index (χ1) is 8.90. The van der Waals surface area contributed by atoms with Crippen molar-refractivity contribution in [3.05, 3.63) is 23.2 Å². The summed E-state index contributed by atoms with van der Waals surface area (Å²) in [6, 6.07) is 4.63. The molecule has 19 heavy (non-hydrogen) atoms. The van der Waals surface area contributed by atoms with Gasteiger partial charge in [0.25, 0.3) is 0 Å². The molecular formula is C12H17ClN4O2. The van der Waals surface area contributed by atoms with Gasteiger partial charge in [-0.25, -0.2) is 0 Å². The normalized spacial score (nSPS) is 10.3. The van der Waals surface area contributed by atoms with E-state index < -0.39 is 11.8 Å². The Labute approximate surface area is 116 Å². The molecule has 0 bridgehead atoms. The maximum atomic E-state index is 11.6. The highest BCUT2D eigenvalue weighted by Gasteiger charge is 2.14. The number of hydrogen-bond donors (Lipinski definition) is 3. The molecule has 7 heteroatoms. The molecule has 0 unspecified atom stereocenters. The topological polar surface area (TPSA) is 87.5 Å². The molecule has 0 saturated heterocycles. The molecule has 0 heterocycles. The van der Waals surface area contributed by atoms with Gasteiger partial charge in [-0.15, -0.1) is 0 Å². The van der Waals surface area contributed by atoms with Gasteiger partial charge < -0.3 is 21.3 Å². The lowest BCUT2D eigenvalue weighted by Gasteiger charge is -2.11. The minimum Gasteiger partial charge on any atom is -0.399 e. The summed E-state index contributed by atoms with van der Waals surface area (Å²) in [6.45, 7) is 1.05. The number of nitrogens with two attached hydrogens (primary N) is 1. The molecule has 1 aromatic carbocycles. The van der Waals surface area contributed by atoms with Crippen molar-refractivity contribution < 1.29 is 9.59 Å². The van der Waals surface area contributed by atoms with Crippen molar-refractivity contribution in [1.82, 2.24) is 10.2 Å². The summed E-state index contributed by atoms with van der Waals surface area (Å²) in [6.07, 6.45) is 0. The maximum Gasteiger partial charge on any atom is 0.313 e. The van der Waals surface area contributed by atoms with E-state index in [1.165, 1.54) is 6.07 Å². The molecule has 1 rings (SSSR count). The van der Waals surface area contributed by atoms with Crippen molar-refractivity contribution in [2.45, 2.75) is 0 Å². The fraction of sp³-hybridized carbons (Fsp3) is 0.333. The third-order valence-corrected chi connectivity index (χ3v) is 2.60. The summed E-state index contributed by atoms with van der Waals surface area (Å²) in [5.41, 5.74) is 6.37. The molecule has 0 fully saturated rings. The van der Waals surface area contributed by atoms with Crippen molar-refractivity contribution in [3.8, 4) is 0 Å². The van der Waals surface area contributed by atoms with Gasteiger partial charge in [-0.3, -0.25) is 9.59 Å². The Bertz CT molecular complexity index is 477. The number of rotatable bonds is 4. The minimum atomic E-state index is -0.759. The SMILES string of the molecule is CN(C)CCNC(=O)C(=O)Nc1ccc(N)cc1Cl. The molecule has 0 aliphatic carbocycles.